The lowest BCUT2D eigenvalue weighted by Gasteiger charge is -2.08. The molecular formula is C18H15N5OS. The highest BCUT2D eigenvalue weighted by Crippen LogP contribution is 2.34. The maximum absolute atomic E-state index is 5.44. The van der Waals surface area contributed by atoms with E-state index >= 15 is 0 Å². The van der Waals surface area contributed by atoms with Crippen LogP contribution in [-0.2, 0) is 0 Å². The molecule has 0 N–H and O–H groups in total. The van der Waals surface area contributed by atoms with Crippen LogP contribution in [-0.4, -0.2) is 24.9 Å². The zero-order valence-electron chi connectivity index (χ0n) is 13.5. The van der Waals surface area contributed by atoms with Crippen LogP contribution in [0.25, 0.3) is 17.1 Å². The highest BCUT2D eigenvalue weighted by molar-refractivity contribution is 7.99. The fourth-order valence-corrected chi connectivity index (χ4v) is 3.26. The summed E-state index contributed by atoms with van der Waals surface area (Å²) in [6.07, 6.45) is 1.70. The quantitative estimate of drug-likeness (QED) is 0.504. The molecular weight excluding hydrogens is 334 g/mol. The molecule has 124 valence electrons. The van der Waals surface area contributed by atoms with Gasteiger partial charge in [-0.1, -0.05) is 65.4 Å². The first-order valence-corrected chi connectivity index (χ1v) is 8.70. The van der Waals surface area contributed by atoms with Gasteiger partial charge < -0.3 is 4.52 Å². The summed E-state index contributed by atoms with van der Waals surface area (Å²) in [5, 5.41) is 13.0. The third-order valence-electron chi connectivity index (χ3n) is 3.65. The molecule has 1 atom stereocenters. The molecule has 7 heteroatoms. The lowest BCUT2D eigenvalue weighted by molar-refractivity contribution is 0.380. The van der Waals surface area contributed by atoms with Crippen molar-refractivity contribution in [2.75, 3.05) is 0 Å². The summed E-state index contributed by atoms with van der Waals surface area (Å²) in [6.45, 7) is 2.01. The predicted octanol–water partition coefficient (Wildman–Crippen LogP) is 4.17. The van der Waals surface area contributed by atoms with Crippen molar-refractivity contribution < 1.29 is 4.52 Å². The fourth-order valence-electron chi connectivity index (χ4n) is 2.38. The molecule has 0 amide bonds. The van der Waals surface area contributed by atoms with E-state index in [2.05, 4.69) is 20.3 Å². The maximum Gasteiger partial charge on any atom is 0.240 e. The van der Waals surface area contributed by atoms with Gasteiger partial charge in [0.15, 0.2) is 5.16 Å². The molecule has 0 aliphatic heterocycles. The van der Waals surface area contributed by atoms with E-state index < -0.39 is 0 Å². The van der Waals surface area contributed by atoms with Crippen molar-refractivity contribution in [3.05, 3.63) is 72.9 Å². The van der Waals surface area contributed by atoms with Crippen molar-refractivity contribution in [2.45, 2.75) is 17.3 Å². The van der Waals surface area contributed by atoms with Gasteiger partial charge in [-0.05, 0) is 19.1 Å². The van der Waals surface area contributed by atoms with Gasteiger partial charge in [0.05, 0.1) is 5.25 Å². The Morgan fingerprint density at radius 1 is 1.00 bits per heavy atom. The van der Waals surface area contributed by atoms with Gasteiger partial charge in [-0.2, -0.15) is 4.98 Å². The summed E-state index contributed by atoms with van der Waals surface area (Å²) in [7, 11) is 0. The molecule has 25 heavy (non-hydrogen) atoms. The Morgan fingerprint density at radius 3 is 2.48 bits per heavy atom. The Bertz CT molecular complexity index is 952. The van der Waals surface area contributed by atoms with Crippen LogP contribution in [0.5, 0.6) is 0 Å². The second-order valence-corrected chi connectivity index (χ2v) is 6.71. The summed E-state index contributed by atoms with van der Waals surface area (Å²) in [5.41, 5.74) is 1.94. The third-order valence-corrected chi connectivity index (χ3v) is 4.70. The minimum atomic E-state index is -0.0448. The van der Waals surface area contributed by atoms with E-state index in [4.69, 9.17) is 4.52 Å². The van der Waals surface area contributed by atoms with Crippen molar-refractivity contribution in [2.24, 2.45) is 0 Å². The summed E-state index contributed by atoms with van der Waals surface area (Å²) in [6, 6.07) is 19.7. The molecule has 2 aromatic heterocycles. The van der Waals surface area contributed by atoms with Crippen LogP contribution in [0.3, 0.4) is 0 Å². The van der Waals surface area contributed by atoms with Crippen molar-refractivity contribution in [3.63, 3.8) is 0 Å². The van der Waals surface area contributed by atoms with Gasteiger partial charge in [0.25, 0.3) is 0 Å². The Kier molecular flexibility index (Phi) is 4.30. The number of benzene rings is 2. The molecule has 0 saturated heterocycles. The van der Waals surface area contributed by atoms with Crippen molar-refractivity contribution >= 4 is 11.8 Å². The molecule has 4 aromatic rings. The number of rotatable bonds is 5. The van der Waals surface area contributed by atoms with Crippen molar-refractivity contribution in [3.8, 4) is 17.1 Å². The number of thioether (sulfide) groups is 1. The van der Waals surface area contributed by atoms with Gasteiger partial charge in [-0.15, -0.1) is 10.2 Å². The molecule has 0 spiro atoms. The van der Waals surface area contributed by atoms with Crippen LogP contribution in [0, 0.1) is 0 Å². The molecule has 6 nitrogen and oxygen atoms in total. The molecule has 2 heterocycles. The van der Waals surface area contributed by atoms with E-state index in [0.717, 1.165) is 16.4 Å². The van der Waals surface area contributed by atoms with Gasteiger partial charge in [0, 0.05) is 11.3 Å². The average molecular weight is 349 g/mol. The zero-order chi connectivity index (χ0) is 17.1. The first-order valence-electron chi connectivity index (χ1n) is 7.82. The third kappa shape index (κ3) is 3.32. The average Bonchev–Trinajstić information content (AvgIpc) is 3.33. The number of nitrogens with zero attached hydrogens (tertiary/aromatic N) is 5. The molecule has 0 fully saturated rings. The van der Waals surface area contributed by atoms with E-state index in [1.165, 1.54) is 11.8 Å². The minimum Gasteiger partial charge on any atom is -0.338 e. The Morgan fingerprint density at radius 2 is 1.72 bits per heavy atom. The molecule has 2 aromatic carbocycles. The van der Waals surface area contributed by atoms with Gasteiger partial charge >= 0.3 is 0 Å². The first-order chi connectivity index (χ1) is 12.3. The highest BCUT2D eigenvalue weighted by atomic mass is 32.2. The van der Waals surface area contributed by atoms with Gasteiger partial charge in [0.1, 0.15) is 6.33 Å². The summed E-state index contributed by atoms with van der Waals surface area (Å²) >= 11 is 1.53. The van der Waals surface area contributed by atoms with Crippen molar-refractivity contribution in [1.29, 1.82) is 0 Å². The summed E-state index contributed by atoms with van der Waals surface area (Å²) in [5.74, 6) is 1.15. The Balaban J connectivity index is 1.55. The normalized spacial score (nSPS) is 12.2. The largest absolute Gasteiger partial charge is 0.338 e. The van der Waals surface area contributed by atoms with Crippen LogP contribution in [0.2, 0.25) is 0 Å². The molecule has 0 aliphatic carbocycles. The van der Waals surface area contributed by atoms with Crippen molar-refractivity contribution in [1.82, 2.24) is 24.9 Å². The monoisotopic (exact) mass is 349 g/mol. The Labute approximate surface area is 148 Å². The smallest absolute Gasteiger partial charge is 0.240 e. The minimum absolute atomic E-state index is 0.0448. The molecule has 0 aliphatic rings. The highest BCUT2D eigenvalue weighted by Gasteiger charge is 2.19. The first kappa shape index (κ1) is 15.6. The van der Waals surface area contributed by atoms with E-state index in [9.17, 15) is 0 Å². The number of hydrogen-bond acceptors (Lipinski definition) is 6. The second-order valence-electron chi connectivity index (χ2n) is 5.40. The molecule has 0 saturated carbocycles. The maximum atomic E-state index is 5.44. The standard InChI is InChI=1S/C18H15N5OS/c1-13(17-20-16(22-24-17)14-8-4-2-5-9-14)25-18-21-19-12-23(18)15-10-6-3-7-11-15/h2-13H,1H3. The van der Waals surface area contributed by atoms with E-state index in [0.29, 0.717) is 11.7 Å². The zero-order valence-corrected chi connectivity index (χ0v) is 14.3. The summed E-state index contributed by atoms with van der Waals surface area (Å²) < 4.78 is 7.38. The van der Waals surface area contributed by atoms with Crippen LogP contribution < -0.4 is 0 Å². The van der Waals surface area contributed by atoms with Crippen LogP contribution >= 0.6 is 11.8 Å². The van der Waals surface area contributed by atoms with E-state index in [1.54, 1.807) is 6.33 Å². The SMILES string of the molecule is CC(Sc1nncn1-c1ccccc1)c1nc(-c2ccccc2)no1. The van der Waals surface area contributed by atoms with Crippen LogP contribution in [0.4, 0.5) is 0 Å². The molecule has 4 rings (SSSR count). The van der Waals surface area contributed by atoms with E-state index in [-0.39, 0.29) is 5.25 Å². The Hall–Kier alpha value is -2.93. The topological polar surface area (TPSA) is 69.6 Å². The van der Waals surface area contributed by atoms with E-state index in [1.807, 2.05) is 72.2 Å². The van der Waals surface area contributed by atoms with Gasteiger partial charge in [-0.3, -0.25) is 4.57 Å². The molecule has 0 radical (unpaired) electrons. The number of para-hydroxylation sites is 1. The fraction of sp³-hybridized carbons (Fsp3) is 0.111. The van der Waals surface area contributed by atoms with Gasteiger partial charge in [-0.25, -0.2) is 0 Å². The second kappa shape index (κ2) is 6.90. The molecule has 1 unspecified atom stereocenters. The lowest BCUT2D eigenvalue weighted by atomic mass is 10.2. The molecule has 0 bridgehead atoms. The lowest BCUT2D eigenvalue weighted by Crippen LogP contribution is -1.97. The van der Waals surface area contributed by atoms with Gasteiger partial charge in [0.2, 0.25) is 11.7 Å². The van der Waals surface area contributed by atoms with Crippen LogP contribution in [0.15, 0.2) is 76.7 Å². The summed E-state index contributed by atoms with van der Waals surface area (Å²) in [4.78, 5) is 4.51. The van der Waals surface area contributed by atoms with Crippen LogP contribution in [0.1, 0.15) is 18.1 Å². The predicted molar refractivity (Wildman–Crippen MR) is 95.4 cm³/mol. The number of hydrogen-bond donors (Lipinski definition) is 0. The number of aromatic nitrogens is 5.